The van der Waals surface area contributed by atoms with Crippen molar-refractivity contribution in [2.45, 2.75) is 25.9 Å². The molecule has 0 rings (SSSR count). The Balaban J connectivity index is 3.75. The lowest BCUT2D eigenvalue weighted by Gasteiger charge is -2.26. The smallest absolute Gasteiger partial charge is 0.267 e. The first kappa shape index (κ1) is 17.0. The molecule has 7 heteroatoms. The van der Waals surface area contributed by atoms with Gasteiger partial charge in [0, 0.05) is 6.42 Å². The van der Waals surface area contributed by atoms with Crippen LogP contribution in [0.1, 0.15) is 19.8 Å². The summed E-state index contributed by atoms with van der Waals surface area (Å²) in [7, 11) is 1.80. The van der Waals surface area contributed by atoms with Gasteiger partial charge in [-0.3, -0.25) is 4.57 Å². The molecule has 0 spiro atoms. The Bertz CT molecular complexity index is 254. The van der Waals surface area contributed by atoms with Crippen molar-refractivity contribution in [2.75, 3.05) is 40.9 Å². The highest BCUT2D eigenvalue weighted by molar-refractivity contribution is 7.45. The minimum absolute atomic E-state index is 0.110. The van der Waals surface area contributed by atoms with Gasteiger partial charge in [0.1, 0.15) is 0 Å². The topological polar surface area (TPSA) is 78.8 Å². The van der Waals surface area contributed by atoms with E-state index in [4.69, 9.17) is 5.11 Å². The van der Waals surface area contributed by atoms with E-state index < -0.39 is 13.9 Å². The van der Waals surface area contributed by atoms with E-state index in [1.165, 1.54) is 0 Å². The molecule has 0 aliphatic carbocycles. The van der Waals surface area contributed by atoms with Gasteiger partial charge in [-0.25, -0.2) is 0 Å². The van der Waals surface area contributed by atoms with Crippen molar-refractivity contribution in [3.63, 3.8) is 0 Å². The fourth-order valence-corrected chi connectivity index (χ4v) is 1.83. The number of phosphoric acid groups is 1. The van der Waals surface area contributed by atoms with Crippen molar-refractivity contribution in [2.24, 2.45) is 0 Å². The molecule has 0 fully saturated rings. The van der Waals surface area contributed by atoms with Gasteiger partial charge in [-0.15, -0.1) is 0 Å². The van der Waals surface area contributed by atoms with Gasteiger partial charge in [0.2, 0.25) is 0 Å². The van der Waals surface area contributed by atoms with Gasteiger partial charge in [0.15, 0.2) is 0 Å². The van der Waals surface area contributed by atoms with E-state index in [2.05, 4.69) is 9.05 Å². The Kier molecular flexibility index (Phi) is 7.47. The molecular formula is C10H24NO5P. The third-order valence-electron chi connectivity index (χ3n) is 2.12. The monoisotopic (exact) mass is 269 g/mol. The number of hydrogen-bond acceptors (Lipinski definition) is 5. The van der Waals surface area contributed by atoms with Crippen LogP contribution in [0.25, 0.3) is 0 Å². The van der Waals surface area contributed by atoms with E-state index in [0.717, 1.165) is 11.0 Å². The molecule has 0 aromatic carbocycles. The number of rotatable bonds is 9. The zero-order valence-corrected chi connectivity index (χ0v) is 12.0. The molecule has 2 atom stereocenters. The predicted molar refractivity (Wildman–Crippen MR) is 63.3 cm³/mol. The van der Waals surface area contributed by atoms with Crippen molar-refractivity contribution in [1.29, 1.82) is 0 Å². The van der Waals surface area contributed by atoms with Crippen molar-refractivity contribution in [1.82, 2.24) is 0 Å². The second kappa shape index (κ2) is 7.46. The third kappa shape index (κ3) is 10.9. The molecule has 0 amide bonds. The lowest BCUT2D eigenvalue weighted by atomic mass is 10.3. The number of nitrogens with zero attached hydrogens (tertiary/aromatic N) is 1. The van der Waals surface area contributed by atoms with Gasteiger partial charge >= 0.3 is 0 Å². The second-order valence-electron chi connectivity index (χ2n) is 5.01. The van der Waals surface area contributed by atoms with Crippen LogP contribution in [0, 0.1) is 0 Å². The van der Waals surface area contributed by atoms with Crippen molar-refractivity contribution in [3.05, 3.63) is 0 Å². The standard InChI is InChI=1S/C10H24NO5P/c1-5-10(12)9-16-17(13,14)15-8-6-7-11(2,3)4/h10,12H,5-9H2,1-4H3. The fraction of sp³-hybridized carbons (Fsp3) is 1.00. The third-order valence-corrected chi connectivity index (χ3v) is 3.08. The molecule has 0 aliphatic rings. The predicted octanol–water partition coefficient (Wildman–Crippen LogP) is 0.355. The lowest BCUT2D eigenvalue weighted by molar-refractivity contribution is -0.870. The van der Waals surface area contributed by atoms with Crippen LogP contribution in [0.3, 0.4) is 0 Å². The summed E-state index contributed by atoms with van der Waals surface area (Å²) in [6.45, 7) is 2.43. The van der Waals surface area contributed by atoms with Crippen LogP contribution in [0.5, 0.6) is 0 Å². The Morgan fingerprint density at radius 2 is 1.94 bits per heavy atom. The molecule has 0 aliphatic heterocycles. The molecule has 6 nitrogen and oxygen atoms in total. The van der Waals surface area contributed by atoms with Crippen molar-refractivity contribution < 1.29 is 28.1 Å². The van der Waals surface area contributed by atoms with Crippen LogP contribution in [0.2, 0.25) is 0 Å². The molecule has 2 unspecified atom stereocenters. The number of aliphatic hydroxyl groups excluding tert-OH is 1. The highest BCUT2D eigenvalue weighted by Crippen LogP contribution is 2.38. The lowest BCUT2D eigenvalue weighted by Crippen LogP contribution is -2.35. The summed E-state index contributed by atoms with van der Waals surface area (Å²) in [4.78, 5) is 11.2. The second-order valence-corrected chi connectivity index (χ2v) is 6.42. The first-order chi connectivity index (χ1) is 7.66. The fourth-order valence-electron chi connectivity index (χ4n) is 1.05. The molecule has 0 aromatic heterocycles. The van der Waals surface area contributed by atoms with Crippen molar-refractivity contribution in [3.8, 4) is 0 Å². The van der Waals surface area contributed by atoms with Crippen LogP contribution in [-0.4, -0.2) is 56.6 Å². The van der Waals surface area contributed by atoms with E-state index >= 15 is 0 Å². The molecule has 0 saturated heterocycles. The van der Waals surface area contributed by atoms with Gasteiger partial charge in [-0.1, -0.05) is 6.92 Å². The van der Waals surface area contributed by atoms with E-state index in [-0.39, 0.29) is 13.2 Å². The average molecular weight is 269 g/mol. The quantitative estimate of drug-likeness (QED) is 0.371. The average Bonchev–Trinajstić information content (AvgIpc) is 2.20. The van der Waals surface area contributed by atoms with E-state index in [1.54, 1.807) is 6.92 Å². The molecule has 17 heavy (non-hydrogen) atoms. The summed E-state index contributed by atoms with van der Waals surface area (Å²) in [5.74, 6) is 0. The molecule has 1 N–H and O–H groups in total. The van der Waals surface area contributed by atoms with Crippen molar-refractivity contribution >= 4 is 7.82 Å². The summed E-state index contributed by atoms with van der Waals surface area (Å²) < 4.78 is 21.2. The summed E-state index contributed by atoms with van der Waals surface area (Å²) in [6.07, 6.45) is 0.309. The van der Waals surface area contributed by atoms with Crippen LogP contribution in [0.15, 0.2) is 0 Å². The highest BCUT2D eigenvalue weighted by atomic mass is 31.2. The maximum atomic E-state index is 11.2. The molecule has 0 radical (unpaired) electrons. The zero-order chi connectivity index (χ0) is 13.5. The van der Waals surface area contributed by atoms with Gasteiger partial charge in [-0.2, -0.15) is 0 Å². The molecule has 104 valence electrons. The molecule has 0 saturated carbocycles. The number of aliphatic hydroxyl groups is 1. The normalized spacial score (nSPS) is 17.8. The minimum atomic E-state index is -4.26. The van der Waals surface area contributed by atoms with Crippen LogP contribution < -0.4 is 4.89 Å². The minimum Gasteiger partial charge on any atom is -0.756 e. The Labute approximate surface area is 103 Å². The van der Waals surface area contributed by atoms with E-state index in [9.17, 15) is 9.46 Å². The summed E-state index contributed by atoms with van der Waals surface area (Å²) >= 11 is 0. The Morgan fingerprint density at radius 3 is 2.41 bits per heavy atom. The summed E-state index contributed by atoms with van der Waals surface area (Å²) in [5, 5.41) is 9.16. The van der Waals surface area contributed by atoms with Crippen LogP contribution >= 0.6 is 7.82 Å². The molecule has 0 bridgehead atoms. The largest absolute Gasteiger partial charge is 0.756 e. The first-order valence-corrected chi connectivity index (χ1v) is 7.21. The van der Waals surface area contributed by atoms with E-state index in [1.807, 2.05) is 21.1 Å². The first-order valence-electron chi connectivity index (χ1n) is 5.75. The summed E-state index contributed by atoms with van der Waals surface area (Å²) in [6, 6.07) is 0. The maximum absolute atomic E-state index is 11.2. The molecule has 0 aromatic rings. The Morgan fingerprint density at radius 1 is 1.35 bits per heavy atom. The number of phosphoric ester groups is 1. The summed E-state index contributed by atoms with van der Waals surface area (Å²) in [5.41, 5.74) is 0. The van der Waals surface area contributed by atoms with Gasteiger partial charge in [-0.05, 0) is 6.42 Å². The Hall–Kier alpha value is 0.0300. The van der Waals surface area contributed by atoms with Gasteiger partial charge in [0.25, 0.3) is 7.82 Å². The van der Waals surface area contributed by atoms with Gasteiger partial charge in [0.05, 0.1) is 47.0 Å². The zero-order valence-electron chi connectivity index (χ0n) is 11.1. The molecule has 0 heterocycles. The maximum Gasteiger partial charge on any atom is 0.267 e. The van der Waals surface area contributed by atoms with Gasteiger partial charge < -0.3 is 23.5 Å². The number of quaternary nitrogens is 1. The van der Waals surface area contributed by atoms with E-state index in [0.29, 0.717) is 12.8 Å². The van der Waals surface area contributed by atoms with Crippen LogP contribution in [-0.2, 0) is 13.6 Å². The number of hydrogen-bond donors (Lipinski definition) is 1. The highest BCUT2D eigenvalue weighted by Gasteiger charge is 2.13. The SMILES string of the molecule is CCC(O)COP(=O)([O-])OCCC[N+](C)(C)C. The van der Waals surface area contributed by atoms with Crippen LogP contribution in [0.4, 0.5) is 0 Å². The molecular weight excluding hydrogens is 245 g/mol.